The molecule has 0 fully saturated rings. The van der Waals surface area contributed by atoms with Crippen LogP contribution in [0.3, 0.4) is 0 Å². The van der Waals surface area contributed by atoms with Crippen LogP contribution in [0.2, 0.25) is 0 Å². The number of anilines is 2. The van der Waals surface area contributed by atoms with Crippen molar-refractivity contribution in [3.63, 3.8) is 0 Å². The van der Waals surface area contributed by atoms with Crippen LogP contribution in [0.4, 0.5) is 11.4 Å². The van der Waals surface area contributed by atoms with Gasteiger partial charge in [0.05, 0.1) is 23.1 Å². The lowest BCUT2D eigenvalue weighted by atomic mass is 10.2. The summed E-state index contributed by atoms with van der Waals surface area (Å²) in [5.74, 6) is -0.254. The summed E-state index contributed by atoms with van der Waals surface area (Å²) in [6.45, 7) is 3.64. The van der Waals surface area contributed by atoms with E-state index in [0.717, 1.165) is 0 Å². The highest BCUT2D eigenvalue weighted by atomic mass is 32.2. The first-order valence-corrected chi connectivity index (χ1v) is 9.80. The molecule has 0 radical (unpaired) electrons. The van der Waals surface area contributed by atoms with Crippen molar-refractivity contribution in [2.45, 2.75) is 24.8 Å². The van der Waals surface area contributed by atoms with Gasteiger partial charge in [-0.3, -0.25) is 4.79 Å². The Labute approximate surface area is 159 Å². The van der Waals surface area contributed by atoms with Crippen LogP contribution in [0, 0.1) is 11.3 Å². The van der Waals surface area contributed by atoms with Gasteiger partial charge in [0.15, 0.2) is 0 Å². The molecule has 27 heavy (non-hydrogen) atoms. The molecular formula is C19H22N4O3S. The Morgan fingerprint density at radius 3 is 2.15 bits per heavy atom. The second kappa shape index (κ2) is 8.66. The monoisotopic (exact) mass is 386 g/mol. The molecule has 2 rings (SSSR count). The molecule has 2 aromatic carbocycles. The zero-order valence-electron chi connectivity index (χ0n) is 15.4. The molecule has 0 atom stereocenters. The van der Waals surface area contributed by atoms with Crippen LogP contribution in [-0.4, -0.2) is 38.3 Å². The fraction of sp³-hybridized carbons (Fsp3) is 0.263. The first-order chi connectivity index (χ1) is 12.7. The molecule has 2 aromatic rings. The predicted octanol–water partition coefficient (Wildman–Crippen LogP) is 2.64. The van der Waals surface area contributed by atoms with E-state index >= 15 is 0 Å². The first kappa shape index (κ1) is 20.4. The van der Waals surface area contributed by atoms with Crippen molar-refractivity contribution in [1.82, 2.24) is 4.31 Å². The Morgan fingerprint density at radius 1 is 1.07 bits per heavy atom. The summed E-state index contributed by atoms with van der Waals surface area (Å²) in [5, 5.41) is 14.4. The maximum absolute atomic E-state index is 12.4. The average Bonchev–Trinajstić information content (AvgIpc) is 2.66. The van der Waals surface area contributed by atoms with E-state index in [1.807, 2.05) is 6.07 Å². The quantitative estimate of drug-likeness (QED) is 0.762. The van der Waals surface area contributed by atoms with Gasteiger partial charge in [-0.1, -0.05) is 0 Å². The van der Waals surface area contributed by atoms with Crippen molar-refractivity contribution >= 4 is 27.3 Å². The third kappa shape index (κ3) is 5.29. The van der Waals surface area contributed by atoms with E-state index in [-0.39, 0.29) is 23.4 Å². The number of sulfonamides is 1. The SMILES string of the molecule is CC(C)N(C)S(=O)(=O)c1ccc(NCC(=O)Nc2ccc(C#N)cc2)cc1. The highest BCUT2D eigenvalue weighted by Crippen LogP contribution is 2.19. The molecule has 1 amide bonds. The van der Waals surface area contributed by atoms with Gasteiger partial charge >= 0.3 is 0 Å². The zero-order chi connectivity index (χ0) is 20.0. The minimum absolute atomic E-state index is 0.0258. The van der Waals surface area contributed by atoms with Crippen LogP contribution in [0.1, 0.15) is 19.4 Å². The second-order valence-electron chi connectivity index (χ2n) is 6.23. The Bertz CT molecular complexity index is 930. The summed E-state index contributed by atoms with van der Waals surface area (Å²) in [7, 11) is -1.99. The fourth-order valence-electron chi connectivity index (χ4n) is 2.20. The number of carbonyl (C=O) groups excluding carboxylic acids is 1. The van der Waals surface area contributed by atoms with Gasteiger partial charge in [-0.05, 0) is 62.4 Å². The van der Waals surface area contributed by atoms with Crippen molar-refractivity contribution in [2.24, 2.45) is 0 Å². The summed E-state index contributed by atoms with van der Waals surface area (Å²) < 4.78 is 26.1. The number of hydrogen-bond acceptors (Lipinski definition) is 5. The topological polar surface area (TPSA) is 102 Å². The number of amides is 1. The van der Waals surface area contributed by atoms with Gasteiger partial charge in [-0.25, -0.2) is 8.42 Å². The van der Waals surface area contributed by atoms with Crippen LogP contribution in [0.5, 0.6) is 0 Å². The standard InChI is InChI=1S/C19H22N4O3S/c1-14(2)23(3)27(25,26)18-10-8-16(9-11-18)21-13-19(24)22-17-6-4-15(12-20)5-7-17/h4-11,14,21H,13H2,1-3H3,(H,22,24). The summed E-state index contributed by atoms with van der Waals surface area (Å²) in [6, 6.07) is 14.7. The smallest absolute Gasteiger partial charge is 0.243 e. The molecule has 0 saturated carbocycles. The van der Waals surface area contributed by atoms with Crippen LogP contribution >= 0.6 is 0 Å². The molecule has 8 heteroatoms. The van der Waals surface area contributed by atoms with Gasteiger partial charge < -0.3 is 10.6 Å². The number of nitrogens with one attached hydrogen (secondary N) is 2. The van der Waals surface area contributed by atoms with Gasteiger partial charge in [0.25, 0.3) is 0 Å². The Hall–Kier alpha value is -2.89. The summed E-state index contributed by atoms with van der Waals surface area (Å²) >= 11 is 0. The molecule has 7 nitrogen and oxygen atoms in total. The normalized spacial score (nSPS) is 11.3. The molecule has 142 valence electrons. The number of carbonyl (C=O) groups is 1. The fourth-order valence-corrected chi connectivity index (χ4v) is 3.57. The minimum Gasteiger partial charge on any atom is -0.376 e. The van der Waals surface area contributed by atoms with Crippen LogP contribution in [0.25, 0.3) is 0 Å². The lowest BCUT2D eigenvalue weighted by Gasteiger charge is -2.21. The van der Waals surface area contributed by atoms with Crippen molar-refractivity contribution < 1.29 is 13.2 Å². The third-order valence-electron chi connectivity index (χ3n) is 4.01. The molecule has 0 unspecified atom stereocenters. The van der Waals surface area contributed by atoms with Gasteiger partial charge in [-0.15, -0.1) is 0 Å². The van der Waals surface area contributed by atoms with E-state index in [9.17, 15) is 13.2 Å². The number of hydrogen-bond donors (Lipinski definition) is 2. The second-order valence-corrected chi connectivity index (χ2v) is 8.23. The predicted molar refractivity (Wildman–Crippen MR) is 105 cm³/mol. The Balaban J connectivity index is 1.94. The van der Waals surface area contributed by atoms with E-state index < -0.39 is 10.0 Å². The zero-order valence-corrected chi connectivity index (χ0v) is 16.2. The molecular weight excluding hydrogens is 364 g/mol. The average molecular weight is 386 g/mol. The number of nitrogens with zero attached hydrogens (tertiary/aromatic N) is 2. The van der Waals surface area contributed by atoms with Crippen molar-refractivity contribution in [2.75, 3.05) is 24.2 Å². The molecule has 0 spiro atoms. The lowest BCUT2D eigenvalue weighted by molar-refractivity contribution is -0.114. The van der Waals surface area contributed by atoms with E-state index in [2.05, 4.69) is 10.6 Å². The third-order valence-corrected chi connectivity index (χ3v) is 6.06. The van der Waals surface area contributed by atoms with Crippen LogP contribution in [-0.2, 0) is 14.8 Å². The largest absolute Gasteiger partial charge is 0.376 e. The van der Waals surface area contributed by atoms with E-state index in [0.29, 0.717) is 16.9 Å². The minimum atomic E-state index is -3.53. The number of nitriles is 1. The first-order valence-electron chi connectivity index (χ1n) is 8.36. The summed E-state index contributed by atoms with van der Waals surface area (Å²) in [6.07, 6.45) is 0. The Kier molecular flexibility index (Phi) is 6.55. The van der Waals surface area contributed by atoms with E-state index in [1.165, 1.54) is 16.4 Å². The molecule has 0 aliphatic heterocycles. The van der Waals surface area contributed by atoms with Gasteiger partial charge in [0.1, 0.15) is 0 Å². The maximum atomic E-state index is 12.4. The van der Waals surface area contributed by atoms with Crippen molar-refractivity contribution in [3.05, 3.63) is 54.1 Å². The lowest BCUT2D eigenvalue weighted by Crippen LogP contribution is -2.33. The molecule has 0 aromatic heterocycles. The van der Waals surface area contributed by atoms with E-state index in [4.69, 9.17) is 5.26 Å². The molecule has 0 heterocycles. The molecule has 2 N–H and O–H groups in total. The highest BCUT2D eigenvalue weighted by Gasteiger charge is 2.22. The maximum Gasteiger partial charge on any atom is 0.243 e. The molecule has 0 bridgehead atoms. The highest BCUT2D eigenvalue weighted by molar-refractivity contribution is 7.89. The molecule has 0 aliphatic carbocycles. The molecule has 0 saturated heterocycles. The van der Waals surface area contributed by atoms with Crippen LogP contribution < -0.4 is 10.6 Å². The van der Waals surface area contributed by atoms with Crippen molar-refractivity contribution in [1.29, 1.82) is 5.26 Å². The molecule has 0 aliphatic rings. The Morgan fingerprint density at radius 2 is 1.63 bits per heavy atom. The van der Waals surface area contributed by atoms with E-state index in [1.54, 1.807) is 57.3 Å². The van der Waals surface area contributed by atoms with Gasteiger partial charge in [-0.2, -0.15) is 9.57 Å². The number of rotatable bonds is 7. The summed E-state index contributed by atoms with van der Waals surface area (Å²) in [4.78, 5) is 12.2. The van der Waals surface area contributed by atoms with Gasteiger partial charge in [0.2, 0.25) is 15.9 Å². The number of benzene rings is 2. The van der Waals surface area contributed by atoms with Crippen molar-refractivity contribution in [3.8, 4) is 6.07 Å². The summed E-state index contributed by atoms with van der Waals surface area (Å²) in [5.41, 5.74) is 1.75. The van der Waals surface area contributed by atoms with Crippen LogP contribution in [0.15, 0.2) is 53.4 Å². The van der Waals surface area contributed by atoms with Gasteiger partial charge in [0, 0.05) is 24.5 Å².